The fourth-order valence-electron chi connectivity index (χ4n) is 2.97. The van der Waals surface area contributed by atoms with Gasteiger partial charge in [-0.3, -0.25) is 4.79 Å². The molecule has 3 rings (SSSR count). The van der Waals surface area contributed by atoms with Crippen molar-refractivity contribution >= 4 is 17.7 Å². The highest BCUT2D eigenvalue weighted by molar-refractivity contribution is 7.99. The van der Waals surface area contributed by atoms with Crippen LogP contribution in [-0.4, -0.2) is 39.3 Å². The van der Waals surface area contributed by atoms with Crippen LogP contribution in [0.25, 0.3) is 0 Å². The Bertz CT molecular complexity index is 659. The Labute approximate surface area is 146 Å². The van der Waals surface area contributed by atoms with Crippen LogP contribution in [0.5, 0.6) is 0 Å². The summed E-state index contributed by atoms with van der Waals surface area (Å²) in [5.41, 5.74) is 1.15. The molecular weight excluding hydrogens is 322 g/mol. The molecular formula is C18H23N3O2S. The first-order valence-electron chi connectivity index (χ1n) is 8.45. The zero-order valence-corrected chi connectivity index (χ0v) is 14.8. The molecule has 24 heavy (non-hydrogen) atoms. The van der Waals surface area contributed by atoms with Gasteiger partial charge in [0.25, 0.3) is 0 Å². The summed E-state index contributed by atoms with van der Waals surface area (Å²) in [4.78, 5) is 18.7. The lowest BCUT2D eigenvalue weighted by molar-refractivity contribution is -0.131. The number of aromatic nitrogens is 2. The average molecular weight is 345 g/mol. The van der Waals surface area contributed by atoms with Gasteiger partial charge in [-0.05, 0) is 31.7 Å². The van der Waals surface area contributed by atoms with E-state index in [0.717, 1.165) is 24.9 Å². The topological polar surface area (TPSA) is 59.2 Å². The van der Waals surface area contributed by atoms with Crippen molar-refractivity contribution in [3.8, 4) is 0 Å². The van der Waals surface area contributed by atoms with Crippen LogP contribution >= 0.6 is 11.8 Å². The smallest absolute Gasteiger partial charge is 0.232 e. The SMILES string of the molecule is CC1CCCCN1C(=O)CSCc1noc(Cc2ccccc2)n1. The van der Waals surface area contributed by atoms with E-state index in [9.17, 15) is 4.79 Å². The Morgan fingerprint density at radius 2 is 2.17 bits per heavy atom. The molecule has 1 atom stereocenters. The van der Waals surface area contributed by atoms with Gasteiger partial charge in [0.05, 0.1) is 17.9 Å². The summed E-state index contributed by atoms with van der Waals surface area (Å²) in [6.45, 7) is 3.03. The van der Waals surface area contributed by atoms with Gasteiger partial charge in [-0.25, -0.2) is 0 Å². The van der Waals surface area contributed by atoms with Gasteiger partial charge in [-0.1, -0.05) is 35.5 Å². The van der Waals surface area contributed by atoms with Crippen LogP contribution in [0.3, 0.4) is 0 Å². The molecule has 0 aliphatic carbocycles. The van der Waals surface area contributed by atoms with E-state index in [4.69, 9.17) is 4.52 Å². The monoisotopic (exact) mass is 345 g/mol. The number of likely N-dealkylation sites (tertiary alicyclic amines) is 1. The van der Waals surface area contributed by atoms with Crippen molar-refractivity contribution < 1.29 is 9.32 Å². The number of hydrogen-bond acceptors (Lipinski definition) is 5. The molecule has 0 bridgehead atoms. The van der Waals surface area contributed by atoms with Gasteiger partial charge in [-0.15, -0.1) is 11.8 Å². The fourth-order valence-corrected chi connectivity index (χ4v) is 3.71. The maximum absolute atomic E-state index is 12.3. The normalized spacial score (nSPS) is 17.9. The molecule has 0 radical (unpaired) electrons. The van der Waals surface area contributed by atoms with Crippen molar-refractivity contribution in [1.29, 1.82) is 0 Å². The molecule has 1 aromatic carbocycles. The van der Waals surface area contributed by atoms with Gasteiger partial charge in [0.1, 0.15) is 0 Å². The lowest BCUT2D eigenvalue weighted by Gasteiger charge is -2.33. The van der Waals surface area contributed by atoms with Crippen LogP contribution in [0.2, 0.25) is 0 Å². The van der Waals surface area contributed by atoms with Gasteiger partial charge < -0.3 is 9.42 Å². The van der Waals surface area contributed by atoms with Gasteiger partial charge in [0.2, 0.25) is 11.8 Å². The van der Waals surface area contributed by atoms with Crippen molar-refractivity contribution in [3.05, 3.63) is 47.6 Å². The van der Waals surface area contributed by atoms with E-state index in [-0.39, 0.29) is 5.91 Å². The minimum absolute atomic E-state index is 0.222. The minimum atomic E-state index is 0.222. The number of carbonyl (C=O) groups excluding carboxylic acids is 1. The summed E-state index contributed by atoms with van der Waals surface area (Å²) in [6.07, 6.45) is 4.10. The maximum Gasteiger partial charge on any atom is 0.232 e. The van der Waals surface area contributed by atoms with Crippen LogP contribution in [0.15, 0.2) is 34.9 Å². The molecule has 1 amide bonds. The van der Waals surface area contributed by atoms with Crippen LogP contribution in [0.1, 0.15) is 43.5 Å². The van der Waals surface area contributed by atoms with E-state index in [1.165, 1.54) is 6.42 Å². The van der Waals surface area contributed by atoms with Gasteiger partial charge in [-0.2, -0.15) is 4.98 Å². The predicted octanol–water partition coefficient (Wildman–Crippen LogP) is 3.29. The molecule has 2 heterocycles. The average Bonchev–Trinajstić information content (AvgIpc) is 3.03. The van der Waals surface area contributed by atoms with E-state index in [0.29, 0.717) is 35.7 Å². The third kappa shape index (κ3) is 4.60. The Balaban J connectivity index is 1.44. The number of rotatable bonds is 6. The number of nitrogens with zero attached hydrogens (tertiary/aromatic N) is 3. The van der Waals surface area contributed by atoms with E-state index in [1.807, 2.05) is 35.2 Å². The number of benzene rings is 1. The first-order chi connectivity index (χ1) is 11.7. The second-order valence-corrected chi connectivity index (χ2v) is 7.18. The molecule has 1 aliphatic rings. The molecule has 0 N–H and O–H groups in total. The first-order valence-corrected chi connectivity index (χ1v) is 9.60. The molecule has 0 spiro atoms. The molecule has 5 nitrogen and oxygen atoms in total. The van der Waals surface area contributed by atoms with Gasteiger partial charge in [0.15, 0.2) is 5.82 Å². The standard InChI is InChI=1S/C18H23N3O2S/c1-14-7-5-6-10-21(14)18(22)13-24-12-16-19-17(23-20-16)11-15-8-3-2-4-9-15/h2-4,8-9,14H,5-7,10-13H2,1H3. The molecule has 1 fully saturated rings. The molecule has 1 saturated heterocycles. The van der Waals surface area contributed by atoms with Crippen molar-refractivity contribution in [3.63, 3.8) is 0 Å². The second kappa shape index (κ2) is 8.33. The van der Waals surface area contributed by atoms with Gasteiger partial charge in [0, 0.05) is 12.6 Å². The highest BCUT2D eigenvalue weighted by atomic mass is 32.2. The minimum Gasteiger partial charge on any atom is -0.339 e. The quantitative estimate of drug-likeness (QED) is 0.804. The number of carbonyl (C=O) groups is 1. The molecule has 128 valence electrons. The summed E-state index contributed by atoms with van der Waals surface area (Å²) in [6, 6.07) is 10.4. The summed E-state index contributed by atoms with van der Waals surface area (Å²) in [7, 11) is 0. The third-order valence-electron chi connectivity index (χ3n) is 4.29. The number of thioether (sulfide) groups is 1. The molecule has 1 aromatic heterocycles. The fraction of sp³-hybridized carbons (Fsp3) is 0.500. The van der Waals surface area contributed by atoms with Crippen molar-refractivity contribution in [2.75, 3.05) is 12.3 Å². The largest absolute Gasteiger partial charge is 0.339 e. The second-order valence-electron chi connectivity index (χ2n) is 6.19. The zero-order valence-electron chi connectivity index (χ0n) is 14.0. The van der Waals surface area contributed by atoms with Crippen LogP contribution in [0, 0.1) is 0 Å². The predicted molar refractivity (Wildman–Crippen MR) is 94.7 cm³/mol. The summed E-state index contributed by atoms with van der Waals surface area (Å²) < 4.78 is 5.29. The Hall–Kier alpha value is -1.82. The Kier molecular flexibility index (Phi) is 5.91. The first kappa shape index (κ1) is 17.0. The maximum atomic E-state index is 12.3. The molecule has 1 unspecified atom stereocenters. The van der Waals surface area contributed by atoms with E-state index >= 15 is 0 Å². The van der Waals surface area contributed by atoms with Gasteiger partial charge >= 0.3 is 0 Å². The highest BCUT2D eigenvalue weighted by Gasteiger charge is 2.22. The van der Waals surface area contributed by atoms with E-state index in [1.54, 1.807) is 11.8 Å². The third-order valence-corrected chi connectivity index (χ3v) is 5.20. The Morgan fingerprint density at radius 1 is 1.33 bits per heavy atom. The molecule has 2 aromatic rings. The Morgan fingerprint density at radius 3 is 2.96 bits per heavy atom. The number of piperidine rings is 1. The molecule has 0 saturated carbocycles. The van der Waals surface area contributed by atoms with Crippen molar-refractivity contribution in [2.24, 2.45) is 0 Å². The van der Waals surface area contributed by atoms with Crippen LogP contribution < -0.4 is 0 Å². The number of amides is 1. The summed E-state index contributed by atoms with van der Waals surface area (Å²) in [5, 5.41) is 4.00. The van der Waals surface area contributed by atoms with Crippen molar-refractivity contribution in [2.45, 2.75) is 44.4 Å². The highest BCUT2D eigenvalue weighted by Crippen LogP contribution is 2.19. The lowest BCUT2D eigenvalue weighted by atomic mass is 10.0. The lowest BCUT2D eigenvalue weighted by Crippen LogP contribution is -2.42. The van der Waals surface area contributed by atoms with Crippen molar-refractivity contribution in [1.82, 2.24) is 15.0 Å². The van der Waals surface area contributed by atoms with E-state index < -0.39 is 0 Å². The number of hydrogen-bond donors (Lipinski definition) is 0. The van der Waals surface area contributed by atoms with E-state index in [2.05, 4.69) is 17.1 Å². The summed E-state index contributed by atoms with van der Waals surface area (Å²) in [5.74, 6) is 2.58. The molecule has 1 aliphatic heterocycles. The zero-order chi connectivity index (χ0) is 16.8. The van der Waals surface area contributed by atoms with Crippen LogP contribution in [0.4, 0.5) is 0 Å². The molecule has 6 heteroatoms. The summed E-state index contributed by atoms with van der Waals surface area (Å²) >= 11 is 1.55. The van der Waals surface area contributed by atoms with Crippen LogP contribution in [-0.2, 0) is 17.0 Å².